The normalized spacial score (nSPS) is 17.0. The van der Waals surface area contributed by atoms with Gasteiger partial charge in [-0.25, -0.2) is 5.01 Å². The average Bonchev–Trinajstić information content (AvgIpc) is 2.49. The predicted molar refractivity (Wildman–Crippen MR) is 80.9 cm³/mol. The fraction of sp³-hybridized carbons (Fsp3) is 0.400. The molecule has 6 nitrogen and oxygen atoms in total. The van der Waals surface area contributed by atoms with Crippen molar-refractivity contribution < 1.29 is 14.6 Å². The fourth-order valence-electron chi connectivity index (χ4n) is 2.08. The molecule has 114 valence electrons. The van der Waals surface area contributed by atoms with E-state index in [9.17, 15) is 9.90 Å². The van der Waals surface area contributed by atoms with Gasteiger partial charge in [0.2, 0.25) is 0 Å². The Kier molecular flexibility index (Phi) is 5.19. The molecule has 1 fully saturated rings. The second-order valence-corrected chi connectivity index (χ2v) is 5.03. The molecule has 2 rings (SSSR count). The number of hydrogen-bond acceptors (Lipinski definition) is 5. The van der Waals surface area contributed by atoms with Crippen molar-refractivity contribution in [3.8, 4) is 11.5 Å². The molecule has 0 radical (unpaired) electrons. The topological polar surface area (TPSA) is 65.0 Å². The third kappa shape index (κ3) is 4.47. The highest BCUT2D eigenvalue weighted by molar-refractivity contribution is 5.91. The van der Waals surface area contributed by atoms with E-state index in [1.165, 1.54) is 19.3 Å². The highest BCUT2D eigenvalue weighted by Crippen LogP contribution is 2.26. The van der Waals surface area contributed by atoms with Gasteiger partial charge in [-0.3, -0.25) is 10.2 Å². The van der Waals surface area contributed by atoms with E-state index < -0.39 is 0 Å². The summed E-state index contributed by atoms with van der Waals surface area (Å²) >= 11 is 0. The Balaban J connectivity index is 1.90. The number of nitrogens with zero attached hydrogens (tertiary/aromatic N) is 2. The fourth-order valence-corrected chi connectivity index (χ4v) is 2.08. The van der Waals surface area contributed by atoms with Crippen LogP contribution in [0.15, 0.2) is 24.3 Å². The second-order valence-electron chi connectivity index (χ2n) is 5.03. The Labute approximate surface area is 124 Å². The molecule has 1 saturated heterocycles. The zero-order valence-electron chi connectivity index (χ0n) is 12.4. The van der Waals surface area contributed by atoms with Crippen molar-refractivity contribution in [2.24, 2.45) is 0 Å². The van der Waals surface area contributed by atoms with Gasteiger partial charge in [0.05, 0.1) is 7.11 Å². The van der Waals surface area contributed by atoms with Gasteiger partial charge in [0.25, 0.3) is 5.91 Å². The molecule has 0 bridgehead atoms. The lowest BCUT2D eigenvalue weighted by Crippen LogP contribution is -2.52. The maximum atomic E-state index is 11.9. The third-order valence-corrected chi connectivity index (χ3v) is 3.40. The highest BCUT2D eigenvalue weighted by Gasteiger charge is 2.14. The molecule has 2 N–H and O–H groups in total. The molecular formula is C15H21N3O3. The first-order valence-electron chi connectivity index (χ1n) is 6.87. The van der Waals surface area contributed by atoms with Gasteiger partial charge in [0.1, 0.15) is 0 Å². The summed E-state index contributed by atoms with van der Waals surface area (Å²) in [6.45, 7) is 3.53. The van der Waals surface area contributed by atoms with E-state index in [1.807, 2.05) is 5.01 Å². The van der Waals surface area contributed by atoms with E-state index in [-0.39, 0.29) is 11.7 Å². The predicted octanol–water partition coefficient (Wildman–Crippen LogP) is 0.693. The van der Waals surface area contributed by atoms with Gasteiger partial charge in [-0.05, 0) is 30.8 Å². The number of methoxy groups -OCH3 is 1. The molecular weight excluding hydrogens is 270 g/mol. The summed E-state index contributed by atoms with van der Waals surface area (Å²) in [4.78, 5) is 14.1. The molecule has 1 amide bonds. The first-order chi connectivity index (χ1) is 10.1. The smallest absolute Gasteiger partial charge is 0.258 e. The van der Waals surface area contributed by atoms with E-state index in [1.54, 1.807) is 18.2 Å². The van der Waals surface area contributed by atoms with Crippen LogP contribution in [0.5, 0.6) is 11.5 Å². The van der Waals surface area contributed by atoms with Crippen LogP contribution in [0, 0.1) is 0 Å². The van der Waals surface area contributed by atoms with Crippen LogP contribution in [0.4, 0.5) is 0 Å². The number of carbonyl (C=O) groups is 1. The Bertz CT molecular complexity index is 523. The first-order valence-corrected chi connectivity index (χ1v) is 6.87. The number of nitrogens with one attached hydrogen (secondary N) is 1. The maximum absolute atomic E-state index is 11.9. The monoisotopic (exact) mass is 291 g/mol. The third-order valence-electron chi connectivity index (χ3n) is 3.40. The van der Waals surface area contributed by atoms with E-state index in [0.717, 1.165) is 31.7 Å². The number of benzene rings is 1. The summed E-state index contributed by atoms with van der Waals surface area (Å²) in [5.41, 5.74) is 3.64. The van der Waals surface area contributed by atoms with Gasteiger partial charge >= 0.3 is 0 Å². The van der Waals surface area contributed by atoms with Crippen molar-refractivity contribution in [1.29, 1.82) is 0 Å². The van der Waals surface area contributed by atoms with Crippen molar-refractivity contribution in [2.75, 3.05) is 40.3 Å². The number of phenolic OH excluding ortho intramolecular Hbond substituents is 1. The Morgan fingerprint density at radius 1 is 1.33 bits per heavy atom. The molecule has 1 aliphatic rings. The summed E-state index contributed by atoms with van der Waals surface area (Å²) in [6, 6.07) is 4.93. The summed E-state index contributed by atoms with van der Waals surface area (Å²) in [6.07, 6.45) is 3.16. The van der Waals surface area contributed by atoms with Gasteiger partial charge in [-0.15, -0.1) is 0 Å². The minimum Gasteiger partial charge on any atom is -0.504 e. The zero-order chi connectivity index (χ0) is 15.2. The number of hydrazine groups is 1. The minimum absolute atomic E-state index is 0.0801. The number of hydrogen-bond donors (Lipinski definition) is 2. The molecule has 6 heteroatoms. The van der Waals surface area contributed by atoms with Gasteiger partial charge in [0.15, 0.2) is 11.5 Å². The van der Waals surface area contributed by atoms with Crippen LogP contribution in [0.25, 0.3) is 6.08 Å². The number of likely N-dealkylation sites (N-methyl/N-ethyl adjacent to an activating group) is 1. The Hall–Kier alpha value is -2.05. The summed E-state index contributed by atoms with van der Waals surface area (Å²) in [7, 11) is 3.56. The molecule has 1 heterocycles. The van der Waals surface area contributed by atoms with Crippen molar-refractivity contribution >= 4 is 12.0 Å². The van der Waals surface area contributed by atoms with E-state index in [0.29, 0.717) is 5.75 Å². The van der Waals surface area contributed by atoms with Gasteiger partial charge in [0, 0.05) is 32.3 Å². The number of rotatable bonds is 4. The van der Waals surface area contributed by atoms with Gasteiger partial charge < -0.3 is 14.7 Å². The molecule has 0 atom stereocenters. The van der Waals surface area contributed by atoms with Crippen molar-refractivity contribution in [3.05, 3.63) is 29.8 Å². The maximum Gasteiger partial charge on any atom is 0.258 e. The van der Waals surface area contributed by atoms with Crippen molar-refractivity contribution in [2.45, 2.75) is 0 Å². The zero-order valence-corrected chi connectivity index (χ0v) is 12.4. The molecule has 1 aliphatic heterocycles. The molecule has 0 saturated carbocycles. The quantitative estimate of drug-likeness (QED) is 0.799. The van der Waals surface area contributed by atoms with Crippen LogP contribution >= 0.6 is 0 Å². The van der Waals surface area contributed by atoms with Crippen LogP contribution in [0.3, 0.4) is 0 Å². The lowest BCUT2D eigenvalue weighted by molar-refractivity contribution is -0.121. The lowest BCUT2D eigenvalue weighted by atomic mass is 10.2. The summed E-state index contributed by atoms with van der Waals surface area (Å²) in [5, 5.41) is 11.4. The Morgan fingerprint density at radius 2 is 2.05 bits per heavy atom. The number of amides is 1. The highest BCUT2D eigenvalue weighted by atomic mass is 16.5. The van der Waals surface area contributed by atoms with Gasteiger partial charge in [-0.2, -0.15) is 0 Å². The Morgan fingerprint density at radius 3 is 2.71 bits per heavy atom. The van der Waals surface area contributed by atoms with E-state index >= 15 is 0 Å². The van der Waals surface area contributed by atoms with E-state index in [4.69, 9.17) is 4.74 Å². The summed E-state index contributed by atoms with van der Waals surface area (Å²) < 4.78 is 5.03. The van der Waals surface area contributed by atoms with Crippen molar-refractivity contribution in [3.63, 3.8) is 0 Å². The number of aromatic hydroxyl groups is 1. The SMILES string of the molecule is COc1cc(/C=C/C(=O)NN2CCN(C)CC2)ccc1O. The second kappa shape index (κ2) is 7.10. The molecule has 0 unspecified atom stereocenters. The largest absolute Gasteiger partial charge is 0.504 e. The number of ether oxygens (including phenoxy) is 1. The van der Waals surface area contributed by atoms with Crippen LogP contribution in [0.1, 0.15) is 5.56 Å². The van der Waals surface area contributed by atoms with Crippen LogP contribution in [-0.2, 0) is 4.79 Å². The molecule has 21 heavy (non-hydrogen) atoms. The lowest BCUT2D eigenvalue weighted by Gasteiger charge is -2.31. The summed E-state index contributed by atoms with van der Waals surface area (Å²) in [5.74, 6) is 0.305. The number of piperazine rings is 1. The number of phenols is 1. The van der Waals surface area contributed by atoms with Crippen LogP contribution in [-0.4, -0.2) is 61.3 Å². The molecule has 0 aromatic heterocycles. The first kappa shape index (κ1) is 15.3. The molecule has 1 aromatic rings. The minimum atomic E-state index is -0.161. The molecule has 1 aromatic carbocycles. The van der Waals surface area contributed by atoms with Crippen LogP contribution < -0.4 is 10.2 Å². The standard InChI is InChI=1S/C15H21N3O3/c1-17-7-9-18(10-8-17)16-15(20)6-4-12-3-5-13(19)14(11-12)21-2/h3-6,11,19H,7-10H2,1-2H3,(H,16,20)/b6-4+. The van der Waals surface area contributed by atoms with Gasteiger partial charge in [-0.1, -0.05) is 6.07 Å². The average molecular weight is 291 g/mol. The van der Waals surface area contributed by atoms with E-state index in [2.05, 4.69) is 17.4 Å². The molecule has 0 spiro atoms. The number of carbonyl (C=O) groups excluding carboxylic acids is 1. The molecule has 0 aliphatic carbocycles. The van der Waals surface area contributed by atoms with Crippen molar-refractivity contribution in [1.82, 2.24) is 15.3 Å². The van der Waals surface area contributed by atoms with Crippen LogP contribution in [0.2, 0.25) is 0 Å².